The molecule has 34 heavy (non-hydrogen) atoms. The molecule has 0 radical (unpaired) electrons. The number of pyridine rings is 1. The molecule has 1 heterocycles. The zero-order chi connectivity index (χ0) is 23.8. The molecule has 0 aliphatic heterocycles. The van der Waals surface area contributed by atoms with Crippen LogP contribution in [0.15, 0.2) is 71.5 Å². The molecule has 0 aliphatic carbocycles. The van der Waals surface area contributed by atoms with E-state index >= 15 is 0 Å². The molecule has 0 unspecified atom stereocenters. The van der Waals surface area contributed by atoms with Crippen molar-refractivity contribution in [1.82, 2.24) is 4.57 Å². The third-order valence-corrected chi connectivity index (χ3v) is 6.20. The third kappa shape index (κ3) is 3.48. The number of rotatable bonds is 6. The molecule has 5 aromatic rings. The molecule has 0 fully saturated rings. The topological polar surface area (TPSA) is 58.9 Å². The highest BCUT2D eigenvalue weighted by molar-refractivity contribution is 6.16. The summed E-state index contributed by atoms with van der Waals surface area (Å²) in [5, 5.41) is 4.16. The molecule has 0 aliphatic rings. The monoisotopic (exact) mass is 455 g/mol. The summed E-state index contributed by atoms with van der Waals surface area (Å²) in [6.07, 6.45) is 0. The summed E-state index contributed by atoms with van der Waals surface area (Å²) in [6.45, 7) is 0.432. The van der Waals surface area contributed by atoms with Gasteiger partial charge in [-0.1, -0.05) is 42.5 Å². The Bertz CT molecular complexity index is 1590. The van der Waals surface area contributed by atoms with E-state index in [9.17, 15) is 4.79 Å². The lowest BCUT2D eigenvalue weighted by molar-refractivity contribution is 0.285. The normalized spacial score (nSPS) is 11.2. The molecule has 0 amide bonds. The SMILES string of the molecule is COc1cc2c(=O)n(C)c3c4cc(OC)c(OCc5ccccc5)cc4ccc3c2cc1OC. The average Bonchev–Trinajstić information content (AvgIpc) is 2.89. The van der Waals surface area contributed by atoms with Crippen LogP contribution in [0.25, 0.3) is 32.4 Å². The molecule has 0 saturated heterocycles. The lowest BCUT2D eigenvalue weighted by atomic mass is 10.00. The zero-order valence-electron chi connectivity index (χ0n) is 19.5. The summed E-state index contributed by atoms with van der Waals surface area (Å²) in [5.74, 6) is 2.35. The van der Waals surface area contributed by atoms with E-state index in [-0.39, 0.29) is 5.56 Å². The van der Waals surface area contributed by atoms with Gasteiger partial charge in [0.2, 0.25) is 0 Å². The Morgan fingerprint density at radius 2 is 1.29 bits per heavy atom. The number of methoxy groups -OCH3 is 3. The van der Waals surface area contributed by atoms with E-state index < -0.39 is 0 Å². The lowest BCUT2D eigenvalue weighted by Gasteiger charge is -2.16. The fourth-order valence-electron chi connectivity index (χ4n) is 4.46. The number of hydrogen-bond acceptors (Lipinski definition) is 5. The predicted octanol–water partition coefficient (Wildman–Crippen LogP) is 5.45. The number of fused-ring (bicyclic) bond motifs is 5. The van der Waals surface area contributed by atoms with E-state index in [4.69, 9.17) is 18.9 Å². The van der Waals surface area contributed by atoms with Crippen LogP contribution < -0.4 is 24.5 Å². The molecule has 0 saturated carbocycles. The summed E-state index contributed by atoms with van der Waals surface area (Å²) in [6, 6.07) is 21.5. The van der Waals surface area contributed by atoms with Crippen molar-refractivity contribution in [3.63, 3.8) is 0 Å². The van der Waals surface area contributed by atoms with Gasteiger partial charge in [0.1, 0.15) is 6.61 Å². The number of ether oxygens (including phenoxy) is 4. The van der Waals surface area contributed by atoms with Crippen LogP contribution in [0.2, 0.25) is 0 Å². The Kier molecular flexibility index (Phi) is 5.49. The van der Waals surface area contributed by atoms with Crippen LogP contribution in [-0.4, -0.2) is 25.9 Å². The molecule has 0 spiro atoms. The third-order valence-electron chi connectivity index (χ3n) is 6.20. The summed E-state index contributed by atoms with van der Waals surface area (Å²) < 4.78 is 24.3. The fourth-order valence-corrected chi connectivity index (χ4v) is 4.46. The van der Waals surface area contributed by atoms with Gasteiger partial charge in [0, 0.05) is 23.2 Å². The first kappa shape index (κ1) is 21.6. The number of nitrogens with zero attached hydrogens (tertiary/aromatic N) is 1. The summed E-state index contributed by atoms with van der Waals surface area (Å²) in [5.41, 5.74) is 1.77. The standard InChI is InChI=1S/C28H25NO5/c1-29-27-19(21-14-23(31-2)24(32-3)15-22(21)28(29)30)11-10-18-12-26(25(33-4)13-20(18)27)34-16-17-8-6-5-7-9-17/h5-15H,16H2,1-4H3. The first-order valence-electron chi connectivity index (χ1n) is 10.9. The van der Waals surface area contributed by atoms with E-state index in [1.54, 1.807) is 39.0 Å². The second-order valence-electron chi connectivity index (χ2n) is 8.08. The Morgan fingerprint density at radius 3 is 1.97 bits per heavy atom. The predicted molar refractivity (Wildman–Crippen MR) is 135 cm³/mol. The van der Waals surface area contributed by atoms with Crippen molar-refractivity contribution in [3.8, 4) is 23.0 Å². The lowest BCUT2D eigenvalue weighted by Crippen LogP contribution is -2.17. The van der Waals surface area contributed by atoms with E-state index in [0.717, 1.165) is 32.6 Å². The van der Waals surface area contributed by atoms with Crippen molar-refractivity contribution in [3.05, 3.63) is 82.6 Å². The molecule has 6 nitrogen and oxygen atoms in total. The zero-order valence-corrected chi connectivity index (χ0v) is 19.5. The number of hydrogen-bond donors (Lipinski definition) is 0. The largest absolute Gasteiger partial charge is 0.493 e. The first-order chi connectivity index (χ1) is 16.5. The highest BCUT2D eigenvalue weighted by Crippen LogP contribution is 2.39. The van der Waals surface area contributed by atoms with Crippen molar-refractivity contribution < 1.29 is 18.9 Å². The van der Waals surface area contributed by atoms with E-state index in [1.165, 1.54) is 0 Å². The first-order valence-corrected chi connectivity index (χ1v) is 10.9. The minimum absolute atomic E-state index is 0.112. The highest BCUT2D eigenvalue weighted by atomic mass is 16.5. The summed E-state index contributed by atoms with van der Waals surface area (Å²) in [4.78, 5) is 13.3. The Morgan fingerprint density at radius 1 is 0.676 bits per heavy atom. The van der Waals surface area contributed by atoms with Gasteiger partial charge in [-0.3, -0.25) is 4.79 Å². The average molecular weight is 456 g/mol. The second kappa shape index (κ2) is 8.63. The van der Waals surface area contributed by atoms with Crippen LogP contribution in [0, 0.1) is 0 Å². The van der Waals surface area contributed by atoms with E-state index in [1.807, 2.05) is 60.7 Å². The maximum atomic E-state index is 13.3. The van der Waals surface area contributed by atoms with Gasteiger partial charge >= 0.3 is 0 Å². The van der Waals surface area contributed by atoms with E-state index in [2.05, 4.69) is 0 Å². The van der Waals surface area contributed by atoms with Crippen molar-refractivity contribution >= 4 is 32.4 Å². The molecule has 0 bridgehead atoms. The van der Waals surface area contributed by atoms with Crippen LogP contribution in [0.1, 0.15) is 5.56 Å². The maximum absolute atomic E-state index is 13.3. The van der Waals surface area contributed by atoms with Crippen LogP contribution in [0.4, 0.5) is 0 Å². The minimum atomic E-state index is -0.112. The van der Waals surface area contributed by atoms with Crippen molar-refractivity contribution in [2.45, 2.75) is 6.61 Å². The Balaban J connectivity index is 1.74. The van der Waals surface area contributed by atoms with Gasteiger partial charge in [-0.2, -0.15) is 0 Å². The van der Waals surface area contributed by atoms with Gasteiger partial charge in [0.05, 0.1) is 32.2 Å². The fraction of sp³-hybridized carbons (Fsp3) is 0.179. The van der Waals surface area contributed by atoms with Gasteiger partial charge in [-0.15, -0.1) is 0 Å². The van der Waals surface area contributed by atoms with Crippen LogP contribution >= 0.6 is 0 Å². The van der Waals surface area contributed by atoms with Gasteiger partial charge < -0.3 is 23.5 Å². The molecule has 4 aromatic carbocycles. The van der Waals surface area contributed by atoms with E-state index in [0.29, 0.717) is 35.0 Å². The molecular weight excluding hydrogens is 430 g/mol. The number of aromatic nitrogens is 1. The molecule has 0 atom stereocenters. The van der Waals surface area contributed by atoms with Gasteiger partial charge in [-0.05, 0) is 35.2 Å². The number of benzene rings is 4. The van der Waals surface area contributed by atoms with Crippen molar-refractivity contribution in [2.75, 3.05) is 21.3 Å². The van der Waals surface area contributed by atoms with Crippen LogP contribution in [0.5, 0.6) is 23.0 Å². The van der Waals surface area contributed by atoms with Crippen LogP contribution in [0.3, 0.4) is 0 Å². The quantitative estimate of drug-likeness (QED) is 0.319. The summed E-state index contributed by atoms with van der Waals surface area (Å²) in [7, 11) is 6.55. The highest BCUT2D eigenvalue weighted by Gasteiger charge is 2.17. The molecule has 172 valence electrons. The second-order valence-corrected chi connectivity index (χ2v) is 8.08. The van der Waals surface area contributed by atoms with Crippen molar-refractivity contribution in [1.29, 1.82) is 0 Å². The molecule has 5 rings (SSSR count). The number of aryl methyl sites for hydroxylation is 1. The smallest absolute Gasteiger partial charge is 0.258 e. The Labute approximate surface area is 196 Å². The summed E-state index contributed by atoms with van der Waals surface area (Å²) >= 11 is 0. The molecule has 6 heteroatoms. The Hall–Kier alpha value is -4.19. The van der Waals surface area contributed by atoms with Gasteiger partial charge in [-0.25, -0.2) is 0 Å². The maximum Gasteiger partial charge on any atom is 0.258 e. The molecular formula is C28H25NO5. The molecule has 1 aromatic heterocycles. The van der Waals surface area contributed by atoms with Gasteiger partial charge in [0.25, 0.3) is 5.56 Å². The van der Waals surface area contributed by atoms with Crippen LogP contribution in [-0.2, 0) is 13.7 Å². The minimum Gasteiger partial charge on any atom is -0.493 e. The van der Waals surface area contributed by atoms with Gasteiger partial charge in [0.15, 0.2) is 23.0 Å². The van der Waals surface area contributed by atoms with Crippen molar-refractivity contribution in [2.24, 2.45) is 7.05 Å². The molecule has 0 N–H and O–H groups in total.